The van der Waals surface area contributed by atoms with Crippen LogP contribution in [0.15, 0.2) is 6.20 Å². The van der Waals surface area contributed by atoms with Crippen LogP contribution in [-0.2, 0) is 0 Å². The topological polar surface area (TPSA) is 56.7 Å². The summed E-state index contributed by atoms with van der Waals surface area (Å²) in [5, 5.41) is 8.49. The van der Waals surface area contributed by atoms with E-state index in [0.29, 0.717) is 11.3 Å². The third kappa shape index (κ3) is 1.58. The van der Waals surface area contributed by atoms with Crippen LogP contribution in [-0.4, -0.2) is 20.2 Å². The molecule has 1 aromatic heterocycles. The van der Waals surface area contributed by atoms with Crippen LogP contribution in [0.2, 0.25) is 0 Å². The zero-order valence-electron chi connectivity index (χ0n) is 7.59. The SMILES string of the molecule is CC(N)c1cn(C2CCC2S)nn1. The first-order valence-corrected chi connectivity index (χ1v) is 5.05. The van der Waals surface area contributed by atoms with Crippen LogP contribution >= 0.6 is 12.6 Å². The number of nitrogens with zero attached hydrogens (tertiary/aromatic N) is 3. The van der Waals surface area contributed by atoms with Crippen molar-refractivity contribution in [1.29, 1.82) is 0 Å². The minimum Gasteiger partial charge on any atom is -0.323 e. The lowest BCUT2D eigenvalue weighted by atomic mass is 9.92. The summed E-state index contributed by atoms with van der Waals surface area (Å²) in [7, 11) is 0. The van der Waals surface area contributed by atoms with Crippen molar-refractivity contribution in [3.63, 3.8) is 0 Å². The largest absolute Gasteiger partial charge is 0.323 e. The molecule has 4 nitrogen and oxygen atoms in total. The first kappa shape index (κ1) is 9.02. The molecule has 5 heteroatoms. The van der Waals surface area contributed by atoms with Crippen molar-refractivity contribution in [1.82, 2.24) is 15.0 Å². The van der Waals surface area contributed by atoms with Crippen LogP contribution in [0.25, 0.3) is 0 Å². The molecular formula is C8H14N4S. The van der Waals surface area contributed by atoms with Gasteiger partial charge in [0.2, 0.25) is 0 Å². The maximum Gasteiger partial charge on any atom is 0.0991 e. The molecule has 1 fully saturated rings. The van der Waals surface area contributed by atoms with Crippen molar-refractivity contribution in [3.8, 4) is 0 Å². The molecular weight excluding hydrogens is 184 g/mol. The van der Waals surface area contributed by atoms with Crippen molar-refractivity contribution in [3.05, 3.63) is 11.9 Å². The fourth-order valence-corrected chi connectivity index (χ4v) is 1.87. The molecule has 0 radical (unpaired) electrons. The van der Waals surface area contributed by atoms with Gasteiger partial charge in [0.25, 0.3) is 0 Å². The molecule has 0 aliphatic heterocycles. The van der Waals surface area contributed by atoms with Crippen molar-refractivity contribution < 1.29 is 0 Å². The minimum absolute atomic E-state index is 0.0350. The second-order valence-corrected chi connectivity index (χ2v) is 4.29. The highest BCUT2D eigenvalue weighted by molar-refractivity contribution is 7.81. The number of rotatable bonds is 2. The van der Waals surface area contributed by atoms with Gasteiger partial charge >= 0.3 is 0 Å². The maximum absolute atomic E-state index is 5.69. The number of hydrogen-bond acceptors (Lipinski definition) is 4. The summed E-state index contributed by atoms with van der Waals surface area (Å²) < 4.78 is 1.89. The number of hydrogen-bond donors (Lipinski definition) is 2. The fourth-order valence-electron chi connectivity index (χ4n) is 1.43. The standard InChI is InChI=1S/C8H14N4S/c1-5(9)6-4-12(11-10-6)7-2-3-8(7)13/h4-5,7-8,13H,2-3,9H2,1H3. The van der Waals surface area contributed by atoms with Gasteiger partial charge in [-0.2, -0.15) is 12.6 Å². The Hall–Kier alpha value is -0.550. The van der Waals surface area contributed by atoms with Crippen LogP contribution in [0, 0.1) is 0 Å². The molecule has 1 aliphatic carbocycles. The van der Waals surface area contributed by atoms with Gasteiger partial charge in [0.15, 0.2) is 0 Å². The Morgan fingerprint density at radius 1 is 1.69 bits per heavy atom. The van der Waals surface area contributed by atoms with E-state index >= 15 is 0 Å². The summed E-state index contributed by atoms with van der Waals surface area (Å²) in [6.07, 6.45) is 4.24. The average molecular weight is 198 g/mol. The van der Waals surface area contributed by atoms with Crippen LogP contribution < -0.4 is 5.73 Å². The van der Waals surface area contributed by atoms with Crippen molar-refractivity contribution in [2.45, 2.75) is 37.1 Å². The monoisotopic (exact) mass is 198 g/mol. The second kappa shape index (κ2) is 3.31. The molecule has 1 aromatic rings. The van der Waals surface area contributed by atoms with Crippen LogP contribution in [0.5, 0.6) is 0 Å². The van der Waals surface area contributed by atoms with Gasteiger partial charge in [-0.25, -0.2) is 4.68 Å². The summed E-state index contributed by atoms with van der Waals surface area (Å²) >= 11 is 4.43. The third-order valence-electron chi connectivity index (χ3n) is 2.54. The predicted molar refractivity (Wildman–Crippen MR) is 53.7 cm³/mol. The van der Waals surface area contributed by atoms with E-state index in [1.807, 2.05) is 17.8 Å². The molecule has 3 atom stereocenters. The Morgan fingerprint density at radius 2 is 2.46 bits per heavy atom. The molecule has 0 saturated heterocycles. The Balaban J connectivity index is 2.13. The highest BCUT2D eigenvalue weighted by Crippen LogP contribution is 2.35. The number of nitrogens with two attached hydrogens (primary N) is 1. The molecule has 2 N–H and O–H groups in total. The normalized spacial score (nSPS) is 29.8. The summed E-state index contributed by atoms with van der Waals surface area (Å²) in [6.45, 7) is 1.91. The summed E-state index contributed by atoms with van der Waals surface area (Å²) in [6, 6.07) is 0.385. The van der Waals surface area contributed by atoms with Gasteiger partial charge in [0, 0.05) is 11.3 Å². The van der Waals surface area contributed by atoms with Crippen LogP contribution in [0.3, 0.4) is 0 Å². The molecule has 0 spiro atoms. The lowest BCUT2D eigenvalue weighted by Gasteiger charge is -2.32. The second-order valence-electron chi connectivity index (χ2n) is 3.62. The van der Waals surface area contributed by atoms with E-state index < -0.39 is 0 Å². The van der Waals surface area contributed by atoms with Crippen molar-refractivity contribution >= 4 is 12.6 Å². The smallest absolute Gasteiger partial charge is 0.0991 e. The molecule has 1 aliphatic rings. The van der Waals surface area contributed by atoms with Gasteiger partial charge in [-0.05, 0) is 19.8 Å². The summed E-state index contributed by atoms with van der Waals surface area (Å²) in [5.41, 5.74) is 6.54. The lowest BCUT2D eigenvalue weighted by molar-refractivity contribution is 0.299. The Morgan fingerprint density at radius 3 is 2.85 bits per heavy atom. The molecule has 13 heavy (non-hydrogen) atoms. The highest BCUT2D eigenvalue weighted by Gasteiger charge is 2.30. The van der Waals surface area contributed by atoms with Gasteiger partial charge in [-0.15, -0.1) is 5.10 Å². The Labute approximate surface area is 82.9 Å². The summed E-state index contributed by atoms with van der Waals surface area (Å²) in [4.78, 5) is 0. The average Bonchev–Trinajstić information content (AvgIpc) is 2.50. The van der Waals surface area contributed by atoms with Crippen molar-refractivity contribution in [2.75, 3.05) is 0 Å². The van der Waals surface area contributed by atoms with Gasteiger partial charge < -0.3 is 5.73 Å². The van der Waals surface area contributed by atoms with E-state index in [-0.39, 0.29) is 6.04 Å². The van der Waals surface area contributed by atoms with Gasteiger partial charge in [-0.1, -0.05) is 5.21 Å². The molecule has 0 amide bonds. The first-order chi connectivity index (χ1) is 6.18. The molecule has 72 valence electrons. The zero-order valence-corrected chi connectivity index (χ0v) is 8.48. The third-order valence-corrected chi connectivity index (χ3v) is 3.14. The van der Waals surface area contributed by atoms with Gasteiger partial charge in [-0.3, -0.25) is 0 Å². The fraction of sp³-hybridized carbons (Fsp3) is 0.750. The van der Waals surface area contributed by atoms with E-state index in [9.17, 15) is 0 Å². The number of aromatic nitrogens is 3. The van der Waals surface area contributed by atoms with E-state index in [4.69, 9.17) is 5.73 Å². The predicted octanol–water partition coefficient (Wildman–Crippen LogP) is 0.931. The molecule has 0 aromatic carbocycles. The highest BCUT2D eigenvalue weighted by atomic mass is 32.1. The lowest BCUT2D eigenvalue weighted by Crippen LogP contribution is -2.30. The Bertz CT molecular complexity index is 296. The molecule has 0 bridgehead atoms. The quantitative estimate of drug-likeness (QED) is 0.695. The zero-order chi connectivity index (χ0) is 9.42. The minimum atomic E-state index is -0.0350. The van der Waals surface area contributed by atoms with E-state index in [0.717, 1.165) is 12.1 Å². The maximum atomic E-state index is 5.69. The van der Waals surface area contributed by atoms with Gasteiger partial charge in [0.1, 0.15) is 0 Å². The van der Waals surface area contributed by atoms with Crippen LogP contribution in [0.4, 0.5) is 0 Å². The Kier molecular flexibility index (Phi) is 2.29. The molecule has 2 rings (SSSR count). The van der Waals surface area contributed by atoms with E-state index in [1.165, 1.54) is 6.42 Å². The summed E-state index contributed by atoms with van der Waals surface area (Å²) in [5.74, 6) is 0. The van der Waals surface area contributed by atoms with Crippen LogP contribution in [0.1, 0.15) is 37.5 Å². The van der Waals surface area contributed by atoms with Crippen molar-refractivity contribution in [2.24, 2.45) is 5.73 Å². The molecule has 1 heterocycles. The van der Waals surface area contributed by atoms with Gasteiger partial charge in [0.05, 0.1) is 17.9 Å². The van der Waals surface area contributed by atoms with E-state index in [2.05, 4.69) is 22.9 Å². The molecule has 1 saturated carbocycles. The van der Waals surface area contributed by atoms with E-state index in [1.54, 1.807) is 0 Å². The number of thiol groups is 1. The molecule has 3 unspecified atom stereocenters. The first-order valence-electron chi connectivity index (χ1n) is 4.54.